The maximum atomic E-state index is 12.1. The molecule has 2 rings (SSSR count). The van der Waals surface area contributed by atoms with E-state index in [1.54, 1.807) is 11.8 Å². The third-order valence-corrected chi connectivity index (χ3v) is 5.40. The van der Waals surface area contributed by atoms with Gasteiger partial charge in [0.1, 0.15) is 6.04 Å². The molecule has 2 N–H and O–H groups in total. The second-order valence-corrected chi connectivity index (χ2v) is 6.79. The zero-order chi connectivity index (χ0) is 13.0. The minimum Gasteiger partial charge on any atom is -0.480 e. The lowest BCUT2D eigenvalue weighted by Gasteiger charge is -2.34. The highest BCUT2D eigenvalue weighted by atomic mass is 32.2. The van der Waals surface area contributed by atoms with Crippen molar-refractivity contribution in [1.82, 2.24) is 10.2 Å². The molecule has 2 unspecified atom stereocenters. The second kappa shape index (κ2) is 6.56. The van der Waals surface area contributed by atoms with Crippen molar-refractivity contribution in [3.8, 4) is 0 Å². The lowest BCUT2D eigenvalue weighted by atomic mass is 10.2. The predicted molar refractivity (Wildman–Crippen MR) is 74.3 cm³/mol. The van der Waals surface area contributed by atoms with Crippen LogP contribution in [-0.4, -0.2) is 63.6 Å². The molecule has 2 amide bonds. The van der Waals surface area contributed by atoms with Crippen LogP contribution in [0.4, 0.5) is 4.79 Å². The van der Waals surface area contributed by atoms with Gasteiger partial charge in [-0.25, -0.2) is 9.59 Å². The molecule has 2 heterocycles. The number of nitrogens with zero attached hydrogens (tertiary/aromatic N) is 1. The maximum Gasteiger partial charge on any atom is 0.327 e. The smallest absolute Gasteiger partial charge is 0.327 e. The van der Waals surface area contributed by atoms with Gasteiger partial charge >= 0.3 is 12.0 Å². The van der Waals surface area contributed by atoms with Crippen LogP contribution in [0, 0.1) is 0 Å². The number of thioether (sulfide) groups is 2. The van der Waals surface area contributed by atoms with Gasteiger partial charge in [-0.3, -0.25) is 0 Å². The van der Waals surface area contributed by atoms with E-state index in [1.807, 2.05) is 11.8 Å². The summed E-state index contributed by atoms with van der Waals surface area (Å²) < 4.78 is 0. The molecule has 2 fully saturated rings. The Morgan fingerprint density at radius 1 is 1.22 bits per heavy atom. The summed E-state index contributed by atoms with van der Waals surface area (Å²) in [5.41, 5.74) is 0. The van der Waals surface area contributed by atoms with Gasteiger partial charge < -0.3 is 15.3 Å². The Labute approximate surface area is 115 Å². The lowest BCUT2D eigenvalue weighted by molar-refractivity contribution is -0.141. The summed E-state index contributed by atoms with van der Waals surface area (Å²) in [4.78, 5) is 24.7. The zero-order valence-electron chi connectivity index (χ0n) is 10.1. The van der Waals surface area contributed by atoms with Crippen molar-refractivity contribution in [3.05, 3.63) is 0 Å². The van der Waals surface area contributed by atoms with Crippen LogP contribution in [0.25, 0.3) is 0 Å². The van der Waals surface area contributed by atoms with E-state index in [9.17, 15) is 9.59 Å². The molecule has 0 aliphatic carbocycles. The molecule has 102 valence electrons. The number of nitrogens with one attached hydrogen (secondary N) is 1. The molecular formula is C11H18N2O3S2. The lowest BCUT2D eigenvalue weighted by Crippen LogP contribution is -2.56. The number of carbonyl (C=O) groups is 2. The molecule has 5 nitrogen and oxygen atoms in total. The average molecular weight is 290 g/mol. The molecule has 0 aromatic carbocycles. The fraction of sp³-hybridized carbons (Fsp3) is 0.818. The van der Waals surface area contributed by atoms with Gasteiger partial charge in [0.2, 0.25) is 0 Å². The molecule has 0 aromatic heterocycles. The number of urea groups is 1. The number of amides is 2. The molecule has 18 heavy (non-hydrogen) atoms. The van der Waals surface area contributed by atoms with E-state index < -0.39 is 12.0 Å². The molecule has 2 aliphatic heterocycles. The first kappa shape index (κ1) is 13.9. The molecule has 0 saturated carbocycles. The van der Waals surface area contributed by atoms with Gasteiger partial charge in [-0.1, -0.05) is 0 Å². The third kappa shape index (κ3) is 3.47. The van der Waals surface area contributed by atoms with Gasteiger partial charge in [0, 0.05) is 29.8 Å². The first-order valence-corrected chi connectivity index (χ1v) is 8.45. The highest BCUT2D eigenvalue weighted by Crippen LogP contribution is 2.19. The van der Waals surface area contributed by atoms with Crippen molar-refractivity contribution < 1.29 is 14.7 Å². The number of carboxylic acids is 1. The first-order valence-electron chi connectivity index (χ1n) is 6.14. The summed E-state index contributed by atoms with van der Waals surface area (Å²) in [6.45, 7) is 0.521. The summed E-state index contributed by atoms with van der Waals surface area (Å²) in [5.74, 6) is 2.49. The number of hydrogen-bond donors (Lipinski definition) is 2. The molecule has 2 saturated heterocycles. The summed E-state index contributed by atoms with van der Waals surface area (Å²) in [6, 6.07) is -0.699. The Morgan fingerprint density at radius 3 is 2.67 bits per heavy atom. The van der Waals surface area contributed by atoms with Gasteiger partial charge in [-0.2, -0.15) is 23.5 Å². The van der Waals surface area contributed by atoms with Crippen molar-refractivity contribution in [2.45, 2.75) is 24.9 Å². The van der Waals surface area contributed by atoms with Crippen LogP contribution in [0.2, 0.25) is 0 Å². The van der Waals surface area contributed by atoms with E-state index in [-0.39, 0.29) is 12.1 Å². The minimum absolute atomic E-state index is 0.195. The normalized spacial score (nSPS) is 28.8. The first-order chi connectivity index (χ1) is 8.68. The summed E-state index contributed by atoms with van der Waals surface area (Å²) >= 11 is 3.44. The SMILES string of the molecule is O=C(O)C1CSCCN1C(=O)NC1CCCSC1. The van der Waals surface area contributed by atoms with Gasteiger partial charge in [-0.15, -0.1) is 0 Å². The van der Waals surface area contributed by atoms with Crippen molar-refractivity contribution in [2.24, 2.45) is 0 Å². The predicted octanol–water partition coefficient (Wildman–Crippen LogP) is 1.09. The largest absolute Gasteiger partial charge is 0.480 e. The van der Waals surface area contributed by atoms with E-state index in [1.165, 1.54) is 4.90 Å². The number of carboxylic acid groups (broad SMARTS) is 1. The van der Waals surface area contributed by atoms with Crippen LogP contribution in [0.15, 0.2) is 0 Å². The summed E-state index contributed by atoms with van der Waals surface area (Å²) in [5, 5.41) is 12.1. The van der Waals surface area contributed by atoms with Crippen LogP contribution in [0.5, 0.6) is 0 Å². The Morgan fingerprint density at radius 2 is 2.00 bits per heavy atom. The molecule has 7 heteroatoms. The Bertz CT molecular complexity index is 321. The molecule has 0 bridgehead atoms. The maximum absolute atomic E-state index is 12.1. The van der Waals surface area contributed by atoms with Gasteiger partial charge in [0.05, 0.1) is 0 Å². The van der Waals surface area contributed by atoms with Crippen LogP contribution in [-0.2, 0) is 4.79 Å². The monoisotopic (exact) mass is 290 g/mol. The molecular weight excluding hydrogens is 272 g/mol. The van der Waals surface area contributed by atoms with Crippen LogP contribution < -0.4 is 5.32 Å². The molecule has 0 radical (unpaired) electrons. The highest BCUT2D eigenvalue weighted by molar-refractivity contribution is 7.99. The van der Waals surface area contributed by atoms with Crippen LogP contribution in [0.3, 0.4) is 0 Å². The zero-order valence-corrected chi connectivity index (χ0v) is 11.8. The van der Waals surface area contributed by atoms with Crippen molar-refractivity contribution in [2.75, 3.05) is 29.6 Å². The standard InChI is InChI=1S/C11H18N2O3S2/c14-10(15)9-7-18-5-3-13(9)11(16)12-8-2-1-4-17-6-8/h8-9H,1-7H2,(H,12,16)(H,14,15). The number of aliphatic carboxylic acids is 1. The van der Waals surface area contributed by atoms with E-state index in [2.05, 4.69) is 5.32 Å². The topological polar surface area (TPSA) is 69.6 Å². The third-order valence-electron chi connectivity index (χ3n) is 3.16. The fourth-order valence-electron chi connectivity index (χ4n) is 2.16. The Hall–Kier alpha value is -0.560. The molecule has 0 aromatic rings. The number of hydrogen-bond acceptors (Lipinski definition) is 4. The fourth-order valence-corrected chi connectivity index (χ4v) is 4.27. The number of rotatable bonds is 2. The van der Waals surface area contributed by atoms with E-state index in [4.69, 9.17) is 5.11 Å². The summed E-state index contributed by atoms with van der Waals surface area (Å²) in [7, 11) is 0. The van der Waals surface area contributed by atoms with E-state index in [0.717, 1.165) is 30.1 Å². The highest BCUT2D eigenvalue weighted by Gasteiger charge is 2.33. The average Bonchev–Trinajstić information content (AvgIpc) is 2.40. The second-order valence-electron chi connectivity index (χ2n) is 4.49. The van der Waals surface area contributed by atoms with Crippen molar-refractivity contribution >= 4 is 35.5 Å². The van der Waals surface area contributed by atoms with E-state index >= 15 is 0 Å². The molecule has 0 spiro atoms. The van der Waals surface area contributed by atoms with Gasteiger partial charge in [0.25, 0.3) is 0 Å². The van der Waals surface area contributed by atoms with Crippen molar-refractivity contribution in [1.29, 1.82) is 0 Å². The quantitative estimate of drug-likeness (QED) is 0.797. The Kier molecular flexibility index (Phi) is 5.05. The molecule has 2 atom stereocenters. The molecule has 2 aliphatic rings. The van der Waals surface area contributed by atoms with Crippen LogP contribution in [0.1, 0.15) is 12.8 Å². The summed E-state index contributed by atoms with van der Waals surface area (Å²) in [6.07, 6.45) is 2.12. The van der Waals surface area contributed by atoms with E-state index in [0.29, 0.717) is 12.3 Å². The van der Waals surface area contributed by atoms with Crippen LogP contribution >= 0.6 is 23.5 Å². The van der Waals surface area contributed by atoms with Crippen molar-refractivity contribution in [3.63, 3.8) is 0 Å². The Balaban J connectivity index is 1.91. The van der Waals surface area contributed by atoms with Gasteiger partial charge in [-0.05, 0) is 18.6 Å². The number of carbonyl (C=O) groups excluding carboxylic acids is 1. The minimum atomic E-state index is -0.907. The van der Waals surface area contributed by atoms with Gasteiger partial charge in [0.15, 0.2) is 0 Å².